The topological polar surface area (TPSA) is 108 Å². The fraction of sp³-hybridized carbons (Fsp3) is 0.550. The van der Waals surface area contributed by atoms with Crippen LogP contribution in [0, 0.1) is 16.6 Å². The van der Waals surface area contributed by atoms with E-state index in [9.17, 15) is 18.8 Å². The first kappa shape index (κ1) is 25.2. The highest BCUT2D eigenvalue weighted by atomic mass is 35.5. The summed E-state index contributed by atoms with van der Waals surface area (Å²) in [5.41, 5.74) is 3.87. The minimum absolute atomic E-state index is 0. The minimum Gasteiger partial charge on any atom is -0.492 e. The van der Waals surface area contributed by atoms with Crippen LogP contribution in [0.15, 0.2) is 24.3 Å². The van der Waals surface area contributed by atoms with Crippen molar-refractivity contribution < 1.29 is 33.0 Å². The summed E-state index contributed by atoms with van der Waals surface area (Å²) < 4.78 is 29.3. The van der Waals surface area contributed by atoms with Gasteiger partial charge in [-0.1, -0.05) is 6.07 Å². The van der Waals surface area contributed by atoms with Gasteiger partial charge in [0, 0.05) is 18.4 Å². The Labute approximate surface area is 190 Å². The number of fused-ring (bicyclic) bond motifs is 1. The molecule has 0 radical (unpaired) electrons. The van der Waals surface area contributed by atoms with Gasteiger partial charge in [-0.05, 0) is 32.9 Å². The van der Waals surface area contributed by atoms with Crippen LogP contribution >= 0.6 is 24.2 Å². The quantitative estimate of drug-likeness (QED) is 0.377. The molecule has 1 aromatic rings. The van der Waals surface area contributed by atoms with Crippen LogP contribution in [-0.2, 0) is 23.9 Å². The molecular formula is C20H26ClFN2O6S. The molecule has 31 heavy (non-hydrogen) atoms. The standard InChI is InChI=1S/C20H25FN2O6S.ClH/c1-19(2,3)17(25)28-11-29-18(26)20(9-27-13-6-4-5-12(21)7-13)8-23-15(24)14(22)16(23)30-10-20;/h4-7,14,16H,8-11,22H2,1-3H3;1H/t14?,16-,20?;/m1./s1. The predicted octanol–water partition coefficient (Wildman–Crippen LogP) is 1.95. The monoisotopic (exact) mass is 476 g/mol. The minimum atomic E-state index is -1.21. The first-order valence-corrected chi connectivity index (χ1v) is 10.5. The van der Waals surface area contributed by atoms with Crippen LogP contribution in [0.2, 0.25) is 0 Å². The Hall–Kier alpha value is -2.04. The molecule has 0 bridgehead atoms. The summed E-state index contributed by atoms with van der Waals surface area (Å²) in [6.07, 6.45) is 0. The zero-order chi connectivity index (χ0) is 22.1. The van der Waals surface area contributed by atoms with Gasteiger partial charge in [0.05, 0.1) is 5.41 Å². The number of halogens is 2. The van der Waals surface area contributed by atoms with Crippen molar-refractivity contribution in [3.05, 3.63) is 30.1 Å². The molecule has 0 spiro atoms. The lowest BCUT2D eigenvalue weighted by molar-refractivity contribution is -0.181. The molecule has 2 heterocycles. The number of benzene rings is 1. The van der Waals surface area contributed by atoms with Crippen molar-refractivity contribution in [2.75, 3.05) is 25.7 Å². The van der Waals surface area contributed by atoms with Crippen molar-refractivity contribution in [1.29, 1.82) is 0 Å². The van der Waals surface area contributed by atoms with E-state index in [0.717, 1.165) is 0 Å². The normalized spacial score (nSPS) is 24.9. The number of nitrogens with two attached hydrogens (primary N) is 1. The zero-order valence-corrected chi connectivity index (χ0v) is 19.1. The van der Waals surface area contributed by atoms with Crippen LogP contribution in [0.25, 0.3) is 0 Å². The van der Waals surface area contributed by atoms with Crippen LogP contribution in [-0.4, -0.2) is 59.9 Å². The molecule has 1 aromatic carbocycles. The smallest absolute Gasteiger partial charge is 0.321 e. The van der Waals surface area contributed by atoms with E-state index in [1.807, 2.05) is 0 Å². The molecule has 0 aromatic heterocycles. The second-order valence-electron chi connectivity index (χ2n) is 8.45. The van der Waals surface area contributed by atoms with E-state index in [-0.39, 0.29) is 48.3 Å². The number of rotatable bonds is 6. The number of hydrogen-bond acceptors (Lipinski definition) is 8. The van der Waals surface area contributed by atoms with E-state index >= 15 is 0 Å². The highest BCUT2D eigenvalue weighted by Gasteiger charge is 2.56. The number of esters is 2. The Morgan fingerprint density at radius 2 is 2.03 bits per heavy atom. The van der Waals surface area contributed by atoms with Crippen molar-refractivity contribution in [1.82, 2.24) is 4.90 Å². The van der Waals surface area contributed by atoms with E-state index < -0.39 is 41.4 Å². The Kier molecular flexibility index (Phi) is 7.83. The summed E-state index contributed by atoms with van der Waals surface area (Å²) in [5, 5.41) is -0.202. The van der Waals surface area contributed by atoms with Crippen molar-refractivity contribution in [3.8, 4) is 5.75 Å². The second kappa shape index (κ2) is 9.62. The molecule has 1 amide bonds. The Morgan fingerprint density at radius 3 is 2.68 bits per heavy atom. The third-order valence-corrected chi connectivity index (χ3v) is 6.53. The second-order valence-corrected chi connectivity index (χ2v) is 9.56. The Bertz CT molecular complexity index is 851. The molecule has 2 N–H and O–H groups in total. The largest absolute Gasteiger partial charge is 0.492 e. The van der Waals surface area contributed by atoms with Gasteiger partial charge in [0.2, 0.25) is 12.7 Å². The van der Waals surface area contributed by atoms with Gasteiger partial charge in [-0.2, -0.15) is 0 Å². The lowest BCUT2D eigenvalue weighted by Crippen LogP contribution is -2.72. The van der Waals surface area contributed by atoms with Gasteiger partial charge in [-0.15, -0.1) is 24.2 Å². The van der Waals surface area contributed by atoms with E-state index in [2.05, 4.69) is 0 Å². The van der Waals surface area contributed by atoms with E-state index in [0.29, 0.717) is 0 Å². The predicted molar refractivity (Wildman–Crippen MR) is 114 cm³/mol. The molecule has 11 heteroatoms. The molecule has 2 aliphatic heterocycles. The number of ether oxygens (including phenoxy) is 3. The maximum absolute atomic E-state index is 13.5. The molecule has 172 valence electrons. The van der Waals surface area contributed by atoms with E-state index in [4.69, 9.17) is 19.9 Å². The summed E-state index contributed by atoms with van der Waals surface area (Å²) in [6.45, 7) is 4.42. The number of amides is 1. The Balaban J connectivity index is 0.00000341. The van der Waals surface area contributed by atoms with Crippen LogP contribution in [0.3, 0.4) is 0 Å². The molecule has 2 saturated heterocycles. The first-order valence-electron chi connectivity index (χ1n) is 9.44. The number of hydrogen-bond donors (Lipinski definition) is 1. The highest BCUT2D eigenvalue weighted by Crippen LogP contribution is 2.42. The van der Waals surface area contributed by atoms with Crippen LogP contribution < -0.4 is 10.5 Å². The van der Waals surface area contributed by atoms with Gasteiger partial charge in [0.1, 0.15) is 35.0 Å². The SMILES string of the molecule is CC(C)(C)C(=O)OCOC(=O)C1(COc2cccc(F)c2)CS[C@@H]2C(N)C(=O)N2C1.Cl. The number of carbonyl (C=O) groups is 3. The highest BCUT2D eigenvalue weighted by molar-refractivity contribution is 8.00. The third kappa shape index (κ3) is 5.42. The summed E-state index contributed by atoms with van der Waals surface area (Å²) in [7, 11) is 0. The van der Waals surface area contributed by atoms with Crippen LogP contribution in [0.4, 0.5) is 4.39 Å². The fourth-order valence-corrected chi connectivity index (χ4v) is 4.55. The van der Waals surface area contributed by atoms with E-state index in [1.54, 1.807) is 26.8 Å². The van der Waals surface area contributed by atoms with Gasteiger partial charge in [0.15, 0.2) is 0 Å². The van der Waals surface area contributed by atoms with E-state index in [1.165, 1.54) is 34.9 Å². The molecule has 2 unspecified atom stereocenters. The summed E-state index contributed by atoms with van der Waals surface area (Å²) >= 11 is 1.36. The average Bonchev–Trinajstić information content (AvgIpc) is 2.70. The molecule has 2 fully saturated rings. The van der Waals surface area contributed by atoms with Crippen molar-refractivity contribution >= 4 is 42.0 Å². The fourth-order valence-electron chi connectivity index (χ4n) is 3.08. The van der Waals surface area contributed by atoms with Crippen molar-refractivity contribution in [2.45, 2.75) is 32.2 Å². The molecular weight excluding hydrogens is 451 g/mol. The maximum Gasteiger partial charge on any atom is 0.321 e. The van der Waals surface area contributed by atoms with Gasteiger partial charge in [-0.3, -0.25) is 14.4 Å². The Morgan fingerprint density at radius 1 is 1.32 bits per heavy atom. The molecule has 0 saturated carbocycles. The maximum atomic E-state index is 13.5. The third-order valence-electron chi connectivity index (χ3n) is 4.92. The molecule has 2 aliphatic rings. The van der Waals surface area contributed by atoms with Gasteiger partial charge >= 0.3 is 11.9 Å². The summed E-state index contributed by atoms with van der Waals surface area (Å²) in [6, 6.07) is 4.94. The van der Waals surface area contributed by atoms with Gasteiger partial charge in [-0.25, -0.2) is 4.39 Å². The lowest BCUT2D eigenvalue weighted by atomic mass is 9.88. The number of carbonyl (C=O) groups excluding carboxylic acids is 3. The molecule has 3 rings (SSSR count). The van der Waals surface area contributed by atoms with Crippen molar-refractivity contribution in [2.24, 2.45) is 16.6 Å². The summed E-state index contributed by atoms with van der Waals surface area (Å²) in [5.74, 6) is -1.37. The van der Waals surface area contributed by atoms with Crippen LogP contribution in [0.5, 0.6) is 5.75 Å². The number of β-lactam (4-membered cyclic amide) rings is 1. The molecule has 0 aliphatic carbocycles. The first-order chi connectivity index (χ1) is 14.0. The zero-order valence-electron chi connectivity index (χ0n) is 17.5. The average molecular weight is 477 g/mol. The van der Waals surface area contributed by atoms with Gasteiger partial charge in [0.25, 0.3) is 0 Å². The number of nitrogens with zero attached hydrogens (tertiary/aromatic N) is 1. The lowest BCUT2D eigenvalue weighted by Gasteiger charge is -2.52. The van der Waals surface area contributed by atoms with Crippen molar-refractivity contribution in [3.63, 3.8) is 0 Å². The van der Waals surface area contributed by atoms with Gasteiger partial charge < -0.3 is 24.8 Å². The molecule has 8 nitrogen and oxygen atoms in total. The number of thioether (sulfide) groups is 1. The molecule has 3 atom stereocenters. The van der Waals surface area contributed by atoms with Crippen LogP contribution in [0.1, 0.15) is 20.8 Å². The summed E-state index contributed by atoms with van der Waals surface area (Å²) in [4.78, 5) is 38.5.